The standard InChI is InChI=1S/C15H20N4O.ClH/c1-16-12-15(20)18-11-14-17-8-10-19(14)9-7-13-5-3-2-4-6-13;/h2-6,8,10,16H,7,9,11-12H2,1H3,(H,18,20);1H. The van der Waals surface area contributed by atoms with Gasteiger partial charge in [0.25, 0.3) is 0 Å². The summed E-state index contributed by atoms with van der Waals surface area (Å²) in [5, 5.41) is 5.66. The molecule has 0 fully saturated rings. The van der Waals surface area contributed by atoms with Gasteiger partial charge in [0.05, 0.1) is 13.1 Å². The third kappa shape index (κ3) is 5.57. The quantitative estimate of drug-likeness (QED) is 0.812. The van der Waals surface area contributed by atoms with Gasteiger partial charge in [0.15, 0.2) is 0 Å². The van der Waals surface area contributed by atoms with Crippen molar-refractivity contribution >= 4 is 18.3 Å². The SMILES string of the molecule is CNCC(=O)NCc1nccn1CCc1ccccc1.Cl. The summed E-state index contributed by atoms with van der Waals surface area (Å²) >= 11 is 0. The van der Waals surface area contributed by atoms with Crippen LogP contribution in [0.25, 0.3) is 0 Å². The number of amides is 1. The number of imidazole rings is 1. The van der Waals surface area contributed by atoms with Gasteiger partial charge in [0.2, 0.25) is 5.91 Å². The van der Waals surface area contributed by atoms with Crippen LogP contribution in [0.2, 0.25) is 0 Å². The zero-order chi connectivity index (χ0) is 14.2. The van der Waals surface area contributed by atoms with Crippen molar-refractivity contribution in [3.8, 4) is 0 Å². The molecule has 0 atom stereocenters. The van der Waals surface area contributed by atoms with E-state index in [4.69, 9.17) is 0 Å². The highest BCUT2D eigenvalue weighted by Gasteiger charge is 2.05. The molecule has 0 radical (unpaired) electrons. The van der Waals surface area contributed by atoms with Crippen molar-refractivity contribution in [1.29, 1.82) is 0 Å². The number of benzene rings is 1. The Bertz CT molecular complexity index is 542. The third-order valence-electron chi connectivity index (χ3n) is 3.07. The van der Waals surface area contributed by atoms with Crippen LogP contribution in [0.15, 0.2) is 42.7 Å². The molecular weight excluding hydrogens is 288 g/mol. The molecule has 5 nitrogen and oxygen atoms in total. The molecule has 1 aromatic heterocycles. The van der Waals surface area contributed by atoms with E-state index in [1.54, 1.807) is 13.2 Å². The molecule has 114 valence electrons. The average molecular weight is 309 g/mol. The number of nitrogens with one attached hydrogen (secondary N) is 2. The zero-order valence-electron chi connectivity index (χ0n) is 12.1. The Kier molecular flexibility index (Phi) is 7.50. The highest BCUT2D eigenvalue weighted by Crippen LogP contribution is 2.04. The van der Waals surface area contributed by atoms with Crippen molar-refractivity contribution < 1.29 is 4.79 Å². The molecule has 1 heterocycles. The minimum absolute atomic E-state index is 0. The lowest BCUT2D eigenvalue weighted by atomic mass is 10.1. The molecule has 1 amide bonds. The van der Waals surface area contributed by atoms with Crippen LogP contribution in [0.5, 0.6) is 0 Å². The van der Waals surface area contributed by atoms with Gasteiger partial charge in [-0.25, -0.2) is 4.98 Å². The monoisotopic (exact) mass is 308 g/mol. The lowest BCUT2D eigenvalue weighted by molar-refractivity contribution is -0.120. The number of carbonyl (C=O) groups excluding carboxylic acids is 1. The molecular formula is C15H21ClN4O. The minimum atomic E-state index is -0.0230. The van der Waals surface area contributed by atoms with Gasteiger partial charge in [-0.15, -0.1) is 12.4 Å². The fourth-order valence-corrected chi connectivity index (χ4v) is 2.01. The van der Waals surface area contributed by atoms with E-state index in [0.29, 0.717) is 13.1 Å². The van der Waals surface area contributed by atoms with Gasteiger partial charge < -0.3 is 15.2 Å². The van der Waals surface area contributed by atoms with Gasteiger partial charge in [-0.1, -0.05) is 30.3 Å². The molecule has 0 aliphatic heterocycles. The molecule has 2 rings (SSSR count). The van der Waals surface area contributed by atoms with Crippen molar-refractivity contribution in [2.75, 3.05) is 13.6 Å². The first-order chi connectivity index (χ1) is 9.79. The van der Waals surface area contributed by atoms with E-state index in [-0.39, 0.29) is 18.3 Å². The maximum atomic E-state index is 11.4. The second-order valence-electron chi connectivity index (χ2n) is 4.58. The summed E-state index contributed by atoms with van der Waals surface area (Å²) in [6.45, 7) is 1.65. The van der Waals surface area contributed by atoms with Crippen LogP contribution in [0, 0.1) is 0 Å². The minimum Gasteiger partial charge on any atom is -0.348 e. The number of halogens is 1. The lowest BCUT2D eigenvalue weighted by Gasteiger charge is -2.09. The summed E-state index contributed by atoms with van der Waals surface area (Å²) in [6, 6.07) is 10.3. The van der Waals surface area contributed by atoms with Crippen molar-refractivity contribution in [2.45, 2.75) is 19.5 Å². The van der Waals surface area contributed by atoms with E-state index >= 15 is 0 Å². The highest BCUT2D eigenvalue weighted by molar-refractivity contribution is 5.85. The molecule has 2 aromatic rings. The van der Waals surface area contributed by atoms with E-state index in [0.717, 1.165) is 18.8 Å². The lowest BCUT2D eigenvalue weighted by Crippen LogP contribution is -2.32. The second-order valence-corrected chi connectivity index (χ2v) is 4.58. The molecule has 0 saturated carbocycles. The molecule has 0 unspecified atom stereocenters. The van der Waals surface area contributed by atoms with E-state index < -0.39 is 0 Å². The Morgan fingerprint density at radius 3 is 2.76 bits per heavy atom. The molecule has 21 heavy (non-hydrogen) atoms. The number of hydrogen-bond acceptors (Lipinski definition) is 3. The first-order valence-electron chi connectivity index (χ1n) is 6.75. The van der Waals surface area contributed by atoms with E-state index in [2.05, 4.69) is 32.3 Å². The summed E-state index contributed by atoms with van der Waals surface area (Å²) < 4.78 is 2.08. The topological polar surface area (TPSA) is 59.0 Å². The summed E-state index contributed by atoms with van der Waals surface area (Å²) in [5.74, 6) is 0.857. The number of rotatable bonds is 7. The summed E-state index contributed by atoms with van der Waals surface area (Å²) in [7, 11) is 1.75. The van der Waals surface area contributed by atoms with Crippen molar-refractivity contribution in [3.63, 3.8) is 0 Å². The van der Waals surface area contributed by atoms with E-state index in [9.17, 15) is 4.79 Å². The molecule has 0 aliphatic carbocycles. The Morgan fingerprint density at radius 2 is 2.05 bits per heavy atom. The largest absolute Gasteiger partial charge is 0.348 e. The number of aromatic nitrogens is 2. The maximum Gasteiger partial charge on any atom is 0.234 e. The molecule has 0 bridgehead atoms. The average Bonchev–Trinajstić information content (AvgIpc) is 2.92. The molecule has 2 N–H and O–H groups in total. The van der Waals surface area contributed by atoms with E-state index in [1.807, 2.05) is 24.4 Å². The Morgan fingerprint density at radius 1 is 1.29 bits per heavy atom. The Labute approximate surface area is 131 Å². The number of carbonyl (C=O) groups is 1. The van der Waals surface area contributed by atoms with Crippen LogP contribution in [-0.4, -0.2) is 29.1 Å². The predicted molar refractivity (Wildman–Crippen MR) is 85.4 cm³/mol. The Hall–Kier alpha value is -1.85. The van der Waals surface area contributed by atoms with Gasteiger partial charge in [-0.2, -0.15) is 0 Å². The fraction of sp³-hybridized carbons (Fsp3) is 0.333. The second kappa shape index (κ2) is 9.15. The van der Waals surface area contributed by atoms with Gasteiger partial charge >= 0.3 is 0 Å². The van der Waals surface area contributed by atoms with Gasteiger partial charge in [0, 0.05) is 18.9 Å². The van der Waals surface area contributed by atoms with Crippen LogP contribution in [0.1, 0.15) is 11.4 Å². The summed E-state index contributed by atoms with van der Waals surface area (Å²) in [5.41, 5.74) is 1.30. The first-order valence-corrected chi connectivity index (χ1v) is 6.75. The molecule has 0 saturated heterocycles. The fourth-order valence-electron chi connectivity index (χ4n) is 2.01. The summed E-state index contributed by atoms with van der Waals surface area (Å²) in [4.78, 5) is 15.7. The first kappa shape index (κ1) is 17.2. The number of likely N-dealkylation sites (N-methyl/N-ethyl adjacent to an activating group) is 1. The van der Waals surface area contributed by atoms with Crippen molar-refractivity contribution in [1.82, 2.24) is 20.2 Å². The van der Waals surface area contributed by atoms with Gasteiger partial charge in [-0.05, 0) is 19.0 Å². The molecule has 0 spiro atoms. The molecule has 6 heteroatoms. The highest BCUT2D eigenvalue weighted by atomic mass is 35.5. The number of nitrogens with zero attached hydrogens (tertiary/aromatic N) is 2. The summed E-state index contributed by atoms with van der Waals surface area (Å²) in [6.07, 6.45) is 4.67. The van der Waals surface area contributed by atoms with Crippen molar-refractivity contribution in [2.24, 2.45) is 0 Å². The van der Waals surface area contributed by atoms with Crippen LogP contribution in [0.4, 0.5) is 0 Å². The third-order valence-corrected chi connectivity index (χ3v) is 3.07. The molecule has 1 aromatic carbocycles. The van der Waals surface area contributed by atoms with Crippen LogP contribution < -0.4 is 10.6 Å². The van der Waals surface area contributed by atoms with Gasteiger partial charge in [-0.3, -0.25) is 4.79 Å². The maximum absolute atomic E-state index is 11.4. The normalized spacial score (nSPS) is 9.95. The van der Waals surface area contributed by atoms with Crippen LogP contribution in [0.3, 0.4) is 0 Å². The number of hydrogen-bond donors (Lipinski definition) is 2. The Balaban J connectivity index is 0.00000220. The van der Waals surface area contributed by atoms with E-state index in [1.165, 1.54) is 5.56 Å². The number of aryl methyl sites for hydroxylation is 2. The zero-order valence-corrected chi connectivity index (χ0v) is 12.9. The molecule has 0 aliphatic rings. The van der Waals surface area contributed by atoms with Crippen LogP contribution in [-0.2, 0) is 24.3 Å². The smallest absolute Gasteiger partial charge is 0.234 e. The predicted octanol–water partition coefficient (Wildman–Crippen LogP) is 1.38. The van der Waals surface area contributed by atoms with Crippen molar-refractivity contribution in [3.05, 3.63) is 54.1 Å². The van der Waals surface area contributed by atoms with Gasteiger partial charge in [0.1, 0.15) is 5.82 Å². The van der Waals surface area contributed by atoms with Crippen LogP contribution >= 0.6 is 12.4 Å².